The topological polar surface area (TPSA) is 61.0 Å². The van der Waals surface area contributed by atoms with E-state index in [4.69, 9.17) is 10.5 Å². The standard InChI is InChI=1S/C8H12FN3O/c1-8(2,3)13-7-5(10)6(9)11-4-12-7/h4H,10H2,1-3H3. The fourth-order valence-corrected chi connectivity index (χ4v) is 0.731. The molecule has 0 aliphatic rings. The van der Waals surface area contributed by atoms with Crippen LogP contribution in [-0.4, -0.2) is 15.6 Å². The molecule has 1 aromatic rings. The summed E-state index contributed by atoms with van der Waals surface area (Å²) in [5.74, 6) is -0.672. The van der Waals surface area contributed by atoms with Gasteiger partial charge in [-0.15, -0.1) is 0 Å². The van der Waals surface area contributed by atoms with Crippen molar-refractivity contribution in [3.63, 3.8) is 0 Å². The smallest absolute Gasteiger partial charge is 0.244 e. The van der Waals surface area contributed by atoms with E-state index in [-0.39, 0.29) is 11.6 Å². The van der Waals surface area contributed by atoms with Crippen LogP contribution in [0.1, 0.15) is 20.8 Å². The molecule has 0 radical (unpaired) electrons. The molecule has 0 aromatic carbocycles. The maximum Gasteiger partial charge on any atom is 0.244 e. The number of nitrogens with zero attached hydrogens (tertiary/aromatic N) is 2. The number of hydrogen-bond donors (Lipinski definition) is 1. The fraction of sp³-hybridized carbons (Fsp3) is 0.500. The summed E-state index contributed by atoms with van der Waals surface area (Å²) in [7, 11) is 0. The first-order valence-electron chi connectivity index (χ1n) is 3.85. The molecule has 1 rings (SSSR count). The number of anilines is 1. The molecule has 0 fully saturated rings. The summed E-state index contributed by atoms with van der Waals surface area (Å²) in [6.07, 6.45) is 1.08. The maximum absolute atomic E-state index is 12.8. The molecule has 1 heterocycles. The summed E-state index contributed by atoms with van der Waals surface area (Å²) < 4.78 is 18.1. The van der Waals surface area contributed by atoms with Gasteiger partial charge in [0.2, 0.25) is 11.8 Å². The summed E-state index contributed by atoms with van der Waals surface area (Å²) in [6.45, 7) is 5.48. The highest BCUT2D eigenvalue weighted by molar-refractivity contribution is 5.46. The third-order valence-corrected chi connectivity index (χ3v) is 1.20. The Morgan fingerprint density at radius 1 is 1.38 bits per heavy atom. The molecule has 2 N–H and O–H groups in total. The van der Waals surface area contributed by atoms with Gasteiger partial charge in [0.15, 0.2) is 5.69 Å². The van der Waals surface area contributed by atoms with Crippen molar-refractivity contribution < 1.29 is 9.13 Å². The van der Waals surface area contributed by atoms with E-state index in [1.807, 2.05) is 20.8 Å². The lowest BCUT2D eigenvalue weighted by Gasteiger charge is -2.20. The largest absolute Gasteiger partial charge is 0.470 e. The van der Waals surface area contributed by atoms with Gasteiger partial charge in [0.05, 0.1) is 0 Å². The number of hydrogen-bond acceptors (Lipinski definition) is 4. The van der Waals surface area contributed by atoms with Crippen molar-refractivity contribution in [2.45, 2.75) is 26.4 Å². The lowest BCUT2D eigenvalue weighted by atomic mass is 10.2. The predicted octanol–water partition coefficient (Wildman–Crippen LogP) is 1.38. The van der Waals surface area contributed by atoms with Crippen molar-refractivity contribution in [1.82, 2.24) is 9.97 Å². The van der Waals surface area contributed by atoms with Gasteiger partial charge in [-0.05, 0) is 20.8 Å². The van der Waals surface area contributed by atoms with Gasteiger partial charge < -0.3 is 10.5 Å². The van der Waals surface area contributed by atoms with E-state index >= 15 is 0 Å². The summed E-state index contributed by atoms with van der Waals surface area (Å²) in [6, 6.07) is 0. The highest BCUT2D eigenvalue weighted by atomic mass is 19.1. The quantitative estimate of drug-likeness (QED) is 0.671. The fourth-order valence-electron chi connectivity index (χ4n) is 0.731. The van der Waals surface area contributed by atoms with Gasteiger partial charge in [0.1, 0.15) is 11.9 Å². The molecule has 0 saturated heterocycles. The highest BCUT2D eigenvalue weighted by Gasteiger charge is 2.16. The monoisotopic (exact) mass is 185 g/mol. The molecule has 0 amide bonds. The lowest BCUT2D eigenvalue weighted by molar-refractivity contribution is 0.124. The van der Waals surface area contributed by atoms with Crippen molar-refractivity contribution >= 4 is 5.69 Å². The Bertz CT molecular complexity index is 309. The second kappa shape index (κ2) is 3.16. The Morgan fingerprint density at radius 2 is 2.00 bits per heavy atom. The number of aromatic nitrogens is 2. The molecule has 5 heteroatoms. The predicted molar refractivity (Wildman–Crippen MR) is 46.8 cm³/mol. The minimum absolute atomic E-state index is 0.0833. The summed E-state index contributed by atoms with van der Waals surface area (Å²) in [4.78, 5) is 7.01. The van der Waals surface area contributed by atoms with Crippen LogP contribution in [0.25, 0.3) is 0 Å². The first kappa shape index (κ1) is 9.70. The third kappa shape index (κ3) is 2.54. The maximum atomic E-state index is 12.8. The summed E-state index contributed by atoms with van der Waals surface area (Å²) in [5.41, 5.74) is 4.76. The minimum Gasteiger partial charge on any atom is -0.470 e. The SMILES string of the molecule is CC(C)(C)Oc1ncnc(F)c1N. The van der Waals surface area contributed by atoms with Gasteiger partial charge >= 0.3 is 0 Å². The first-order valence-corrected chi connectivity index (χ1v) is 3.85. The zero-order valence-electron chi connectivity index (χ0n) is 7.84. The Labute approximate surface area is 75.9 Å². The molecule has 0 spiro atoms. The summed E-state index contributed by atoms with van der Waals surface area (Å²) in [5, 5.41) is 0. The van der Waals surface area contributed by atoms with Crippen LogP contribution in [0, 0.1) is 5.95 Å². The van der Waals surface area contributed by atoms with Gasteiger partial charge in [-0.25, -0.2) is 4.98 Å². The van der Waals surface area contributed by atoms with Gasteiger partial charge in [0.25, 0.3) is 0 Å². The molecule has 1 aromatic heterocycles. The Kier molecular flexibility index (Phi) is 2.36. The number of halogens is 1. The van der Waals surface area contributed by atoms with Gasteiger partial charge in [-0.1, -0.05) is 0 Å². The highest BCUT2D eigenvalue weighted by Crippen LogP contribution is 2.22. The van der Waals surface area contributed by atoms with Crippen molar-refractivity contribution in [1.29, 1.82) is 0 Å². The van der Waals surface area contributed by atoms with Crippen LogP contribution in [0.4, 0.5) is 10.1 Å². The molecule has 4 nitrogen and oxygen atoms in total. The van der Waals surface area contributed by atoms with Crippen LogP contribution in [0.3, 0.4) is 0 Å². The molecule has 0 aliphatic carbocycles. The van der Waals surface area contributed by atoms with Gasteiger partial charge in [-0.2, -0.15) is 9.37 Å². The molecular formula is C8H12FN3O. The van der Waals surface area contributed by atoms with Crippen LogP contribution < -0.4 is 10.5 Å². The normalized spacial score (nSPS) is 11.4. The van der Waals surface area contributed by atoms with Crippen molar-refractivity contribution in [3.8, 4) is 5.88 Å². The van der Waals surface area contributed by atoms with Crippen molar-refractivity contribution in [3.05, 3.63) is 12.3 Å². The molecule has 72 valence electrons. The van der Waals surface area contributed by atoms with Gasteiger partial charge in [-0.3, -0.25) is 0 Å². The molecule has 13 heavy (non-hydrogen) atoms. The number of nitrogen functional groups attached to an aromatic ring is 1. The molecule has 0 aliphatic heterocycles. The van der Waals surface area contributed by atoms with Crippen LogP contribution in [0.15, 0.2) is 6.33 Å². The molecular weight excluding hydrogens is 173 g/mol. The Balaban J connectivity index is 2.96. The molecule has 0 saturated carbocycles. The van der Waals surface area contributed by atoms with Crippen molar-refractivity contribution in [2.24, 2.45) is 0 Å². The number of ether oxygens (including phenoxy) is 1. The van der Waals surface area contributed by atoms with E-state index in [0.717, 1.165) is 6.33 Å². The molecule has 0 atom stereocenters. The Hall–Kier alpha value is -1.39. The number of nitrogens with two attached hydrogens (primary N) is 1. The third-order valence-electron chi connectivity index (χ3n) is 1.20. The average molecular weight is 185 g/mol. The average Bonchev–Trinajstić information content (AvgIpc) is 1.96. The van der Waals surface area contributed by atoms with E-state index < -0.39 is 11.5 Å². The van der Waals surface area contributed by atoms with E-state index in [9.17, 15) is 4.39 Å². The Morgan fingerprint density at radius 3 is 2.54 bits per heavy atom. The van der Waals surface area contributed by atoms with Crippen LogP contribution in [0.5, 0.6) is 5.88 Å². The zero-order chi connectivity index (χ0) is 10.1. The van der Waals surface area contributed by atoms with E-state index in [1.54, 1.807) is 0 Å². The second-order valence-electron chi connectivity index (χ2n) is 3.60. The summed E-state index contributed by atoms with van der Waals surface area (Å²) >= 11 is 0. The molecule has 0 bridgehead atoms. The van der Waals surface area contributed by atoms with Gasteiger partial charge in [0, 0.05) is 0 Å². The second-order valence-corrected chi connectivity index (χ2v) is 3.60. The number of rotatable bonds is 1. The van der Waals surface area contributed by atoms with Crippen LogP contribution in [0.2, 0.25) is 0 Å². The minimum atomic E-state index is -0.755. The van der Waals surface area contributed by atoms with E-state index in [0.29, 0.717) is 0 Å². The molecule has 0 unspecified atom stereocenters. The first-order chi connectivity index (χ1) is 5.90. The van der Waals surface area contributed by atoms with Crippen molar-refractivity contribution in [2.75, 3.05) is 5.73 Å². The van der Waals surface area contributed by atoms with Crippen LogP contribution >= 0.6 is 0 Å². The van der Waals surface area contributed by atoms with E-state index in [2.05, 4.69) is 9.97 Å². The van der Waals surface area contributed by atoms with Crippen LogP contribution in [-0.2, 0) is 0 Å². The van der Waals surface area contributed by atoms with E-state index in [1.165, 1.54) is 0 Å². The zero-order valence-corrected chi connectivity index (χ0v) is 7.84. The lowest BCUT2D eigenvalue weighted by Crippen LogP contribution is -2.24.